The van der Waals surface area contributed by atoms with Crippen LogP contribution >= 0.6 is 0 Å². The highest BCUT2D eigenvalue weighted by Crippen LogP contribution is 2.34. The second-order valence-electron chi connectivity index (χ2n) is 7.02. The lowest BCUT2D eigenvalue weighted by atomic mass is 9.86. The van der Waals surface area contributed by atoms with Gasteiger partial charge in [0.2, 0.25) is 10.0 Å². The average molecular weight is 352 g/mol. The van der Waals surface area contributed by atoms with Gasteiger partial charge in [0, 0.05) is 18.6 Å². The topological polar surface area (TPSA) is 86.7 Å². The van der Waals surface area contributed by atoms with Crippen molar-refractivity contribution in [1.29, 1.82) is 0 Å². The third kappa shape index (κ3) is 4.34. The van der Waals surface area contributed by atoms with E-state index in [4.69, 9.17) is 5.11 Å². The number of rotatable bonds is 8. The van der Waals surface area contributed by atoms with Gasteiger partial charge in [-0.2, -0.15) is 0 Å². The minimum atomic E-state index is -3.50. The SMILES string of the molecule is Cc1ccc(S(=O)(=O)NC2CC(N(CC(=O)O)CC3CC3)C2)cc1. The molecule has 2 fully saturated rings. The van der Waals surface area contributed by atoms with E-state index in [9.17, 15) is 13.2 Å². The number of benzene rings is 1. The molecule has 24 heavy (non-hydrogen) atoms. The first-order valence-corrected chi connectivity index (χ1v) is 9.86. The fourth-order valence-corrected chi connectivity index (χ4v) is 4.40. The van der Waals surface area contributed by atoms with E-state index < -0.39 is 16.0 Å². The molecule has 0 unspecified atom stereocenters. The highest BCUT2D eigenvalue weighted by atomic mass is 32.2. The van der Waals surface area contributed by atoms with Gasteiger partial charge in [-0.15, -0.1) is 0 Å². The summed E-state index contributed by atoms with van der Waals surface area (Å²) in [5, 5.41) is 9.06. The maximum atomic E-state index is 12.4. The lowest BCUT2D eigenvalue weighted by Gasteiger charge is -2.42. The molecule has 132 valence electrons. The zero-order valence-corrected chi connectivity index (χ0v) is 14.6. The Morgan fingerprint density at radius 3 is 2.42 bits per heavy atom. The van der Waals surface area contributed by atoms with Crippen LogP contribution < -0.4 is 4.72 Å². The predicted octanol–water partition coefficient (Wildman–Crippen LogP) is 1.60. The van der Waals surface area contributed by atoms with Crippen LogP contribution in [0.3, 0.4) is 0 Å². The maximum absolute atomic E-state index is 12.4. The summed E-state index contributed by atoms with van der Waals surface area (Å²) in [4.78, 5) is 13.3. The largest absolute Gasteiger partial charge is 0.480 e. The van der Waals surface area contributed by atoms with Crippen molar-refractivity contribution < 1.29 is 18.3 Å². The summed E-state index contributed by atoms with van der Waals surface area (Å²) in [5.41, 5.74) is 1.02. The lowest BCUT2D eigenvalue weighted by molar-refractivity contribution is -0.139. The molecule has 1 aromatic rings. The van der Waals surface area contributed by atoms with Crippen molar-refractivity contribution >= 4 is 16.0 Å². The van der Waals surface area contributed by atoms with Crippen LogP contribution in [0.2, 0.25) is 0 Å². The first kappa shape index (κ1) is 17.4. The molecule has 0 saturated heterocycles. The van der Waals surface area contributed by atoms with Crippen LogP contribution in [-0.4, -0.2) is 49.6 Å². The zero-order valence-electron chi connectivity index (χ0n) is 13.8. The minimum Gasteiger partial charge on any atom is -0.480 e. The number of carboxylic acids is 1. The molecule has 0 heterocycles. The fraction of sp³-hybridized carbons (Fsp3) is 0.588. The van der Waals surface area contributed by atoms with E-state index in [-0.39, 0.29) is 23.5 Å². The molecular weight excluding hydrogens is 328 g/mol. The third-order valence-electron chi connectivity index (χ3n) is 4.81. The number of aryl methyl sites for hydroxylation is 1. The molecular formula is C17H24N2O4S. The zero-order chi connectivity index (χ0) is 17.3. The molecule has 7 heteroatoms. The van der Waals surface area contributed by atoms with Crippen LogP contribution in [0, 0.1) is 12.8 Å². The van der Waals surface area contributed by atoms with Gasteiger partial charge < -0.3 is 5.11 Å². The number of hydrogen-bond donors (Lipinski definition) is 2. The normalized spacial score (nSPS) is 23.9. The Bertz CT molecular complexity index is 692. The summed E-state index contributed by atoms with van der Waals surface area (Å²) < 4.78 is 27.5. The molecule has 0 amide bonds. The molecule has 6 nitrogen and oxygen atoms in total. The van der Waals surface area contributed by atoms with Gasteiger partial charge in [0.25, 0.3) is 0 Å². The van der Waals surface area contributed by atoms with Gasteiger partial charge in [-0.1, -0.05) is 17.7 Å². The monoisotopic (exact) mass is 352 g/mol. The van der Waals surface area contributed by atoms with Crippen LogP contribution in [0.4, 0.5) is 0 Å². The van der Waals surface area contributed by atoms with Gasteiger partial charge in [-0.3, -0.25) is 9.69 Å². The molecule has 0 bridgehead atoms. The van der Waals surface area contributed by atoms with Gasteiger partial charge in [0.05, 0.1) is 11.4 Å². The van der Waals surface area contributed by atoms with Crippen LogP contribution in [0.15, 0.2) is 29.2 Å². The van der Waals surface area contributed by atoms with Gasteiger partial charge in [-0.05, 0) is 50.7 Å². The number of nitrogens with zero attached hydrogens (tertiary/aromatic N) is 1. The summed E-state index contributed by atoms with van der Waals surface area (Å²) in [6.45, 7) is 2.77. The van der Waals surface area contributed by atoms with Crippen molar-refractivity contribution in [3.8, 4) is 0 Å². The van der Waals surface area contributed by atoms with Gasteiger partial charge in [0.15, 0.2) is 0 Å². The molecule has 0 aromatic heterocycles. The smallest absolute Gasteiger partial charge is 0.317 e. The summed E-state index contributed by atoms with van der Waals surface area (Å²) >= 11 is 0. The second-order valence-corrected chi connectivity index (χ2v) is 8.74. The summed E-state index contributed by atoms with van der Waals surface area (Å²) in [6, 6.07) is 6.82. The molecule has 3 rings (SSSR count). The number of aliphatic carboxylic acids is 1. The Morgan fingerprint density at radius 1 is 1.25 bits per heavy atom. The molecule has 2 aliphatic carbocycles. The van der Waals surface area contributed by atoms with E-state index in [2.05, 4.69) is 4.72 Å². The Morgan fingerprint density at radius 2 is 1.88 bits per heavy atom. The summed E-state index contributed by atoms with van der Waals surface area (Å²) in [6.07, 6.45) is 3.69. The van der Waals surface area contributed by atoms with E-state index in [0.717, 1.165) is 12.1 Å². The standard InChI is InChI=1S/C17H24N2O4S/c1-12-2-6-16(7-3-12)24(22,23)18-14-8-15(9-14)19(11-17(20)21)10-13-4-5-13/h2-3,6-7,13-15,18H,4-5,8-11H2,1H3,(H,20,21). The van der Waals surface area contributed by atoms with Crippen LogP contribution in [0.5, 0.6) is 0 Å². The van der Waals surface area contributed by atoms with Crippen molar-refractivity contribution in [3.63, 3.8) is 0 Å². The molecule has 0 radical (unpaired) electrons. The van der Waals surface area contributed by atoms with E-state index >= 15 is 0 Å². The van der Waals surface area contributed by atoms with Crippen molar-refractivity contribution in [2.45, 2.75) is 49.6 Å². The predicted molar refractivity (Wildman–Crippen MR) is 90.2 cm³/mol. The molecule has 2 aliphatic rings. The van der Waals surface area contributed by atoms with Crippen LogP contribution in [-0.2, 0) is 14.8 Å². The van der Waals surface area contributed by atoms with E-state index in [0.29, 0.717) is 18.8 Å². The summed E-state index contributed by atoms with van der Waals surface area (Å²) in [7, 11) is -3.50. The van der Waals surface area contributed by atoms with Crippen LogP contribution in [0.1, 0.15) is 31.2 Å². The number of carboxylic acid groups (broad SMARTS) is 1. The Balaban J connectivity index is 1.55. The quantitative estimate of drug-likeness (QED) is 0.742. The molecule has 0 aliphatic heterocycles. The Hall–Kier alpha value is -1.44. The van der Waals surface area contributed by atoms with Gasteiger partial charge in [-0.25, -0.2) is 13.1 Å². The number of sulfonamides is 1. The maximum Gasteiger partial charge on any atom is 0.317 e. The fourth-order valence-electron chi connectivity index (χ4n) is 3.14. The number of nitrogens with one attached hydrogen (secondary N) is 1. The first-order chi connectivity index (χ1) is 11.3. The second kappa shape index (κ2) is 6.82. The molecule has 2 N–H and O–H groups in total. The van der Waals surface area contributed by atoms with Crippen molar-refractivity contribution in [2.75, 3.05) is 13.1 Å². The summed E-state index contributed by atoms with van der Waals surface area (Å²) in [5.74, 6) is -0.202. The molecule has 2 saturated carbocycles. The van der Waals surface area contributed by atoms with Crippen molar-refractivity contribution in [3.05, 3.63) is 29.8 Å². The molecule has 0 atom stereocenters. The number of hydrogen-bond acceptors (Lipinski definition) is 4. The lowest BCUT2D eigenvalue weighted by Crippen LogP contribution is -2.55. The molecule has 1 aromatic carbocycles. The van der Waals surface area contributed by atoms with Crippen molar-refractivity contribution in [1.82, 2.24) is 9.62 Å². The van der Waals surface area contributed by atoms with Gasteiger partial charge >= 0.3 is 5.97 Å². The Kier molecular flexibility index (Phi) is 4.94. The highest BCUT2D eigenvalue weighted by molar-refractivity contribution is 7.89. The minimum absolute atomic E-state index is 0.0403. The van der Waals surface area contributed by atoms with Crippen molar-refractivity contribution in [2.24, 2.45) is 5.92 Å². The molecule has 0 spiro atoms. The number of carbonyl (C=O) groups is 1. The Labute approximate surface area is 142 Å². The van der Waals surface area contributed by atoms with E-state index in [1.807, 2.05) is 11.8 Å². The van der Waals surface area contributed by atoms with E-state index in [1.54, 1.807) is 24.3 Å². The van der Waals surface area contributed by atoms with Gasteiger partial charge in [0.1, 0.15) is 0 Å². The van der Waals surface area contributed by atoms with E-state index in [1.165, 1.54) is 12.8 Å². The average Bonchev–Trinajstić information content (AvgIpc) is 3.26. The highest BCUT2D eigenvalue weighted by Gasteiger charge is 2.38. The third-order valence-corrected chi connectivity index (χ3v) is 6.35. The van der Waals surface area contributed by atoms with Crippen LogP contribution in [0.25, 0.3) is 0 Å². The first-order valence-electron chi connectivity index (χ1n) is 8.38.